The molecule has 8 heteroatoms. The van der Waals surface area contributed by atoms with E-state index in [9.17, 15) is 8.42 Å². The number of rotatable bonds is 5. The molecule has 0 aliphatic carbocycles. The van der Waals surface area contributed by atoms with Gasteiger partial charge in [0.05, 0.1) is 18.1 Å². The molecule has 2 rings (SSSR count). The molecule has 1 aromatic rings. The standard InChI is InChI=1S/C11H19N5O2S/c1-12-6-10-2-4-16(5-3-10)19(17,18)15-11-7-13-9-14-8-11/h7-10,12,15H,2-6H2,1H3. The average molecular weight is 285 g/mol. The lowest BCUT2D eigenvalue weighted by Crippen LogP contribution is -2.43. The Labute approximate surface area is 113 Å². The molecule has 106 valence electrons. The Morgan fingerprint density at radius 3 is 2.53 bits per heavy atom. The van der Waals surface area contributed by atoms with Gasteiger partial charge in [0.25, 0.3) is 0 Å². The van der Waals surface area contributed by atoms with Gasteiger partial charge in [-0.3, -0.25) is 4.72 Å². The fourth-order valence-electron chi connectivity index (χ4n) is 2.21. The van der Waals surface area contributed by atoms with Gasteiger partial charge in [-0.15, -0.1) is 0 Å². The van der Waals surface area contributed by atoms with Gasteiger partial charge in [-0.2, -0.15) is 12.7 Å². The molecule has 0 atom stereocenters. The zero-order valence-electron chi connectivity index (χ0n) is 10.9. The number of hydrogen-bond donors (Lipinski definition) is 2. The van der Waals surface area contributed by atoms with Crippen molar-refractivity contribution in [3.8, 4) is 0 Å². The Bertz CT molecular complexity index is 485. The van der Waals surface area contributed by atoms with Gasteiger partial charge < -0.3 is 5.32 Å². The molecule has 0 aromatic carbocycles. The zero-order valence-corrected chi connectivity index (χ0v) is 11.7. The van der Waals surface area contributed by atoms with E-state index in [4.69, 9.17) is 0 Å². The van der Waals surface area contributed by atoms with Crippen molar-refractivity contribution < 1.29 is 8.42 Å². The predicted octanol–water partition coefficient (Wildman–Crippen LogP) is 0.0647. The van der Waals surface area contributed by atoms with Crippen LogP contribution in [0.1, 0.15) is 12.8 Å². The van der Waals surface area contributed by atoms with Crippen molar-refractivity contribution in [2.24, 2.45) is 5.92 Å². The second-order valence-electron chi connectivity index (χ2n) is 4.63. The van der Waals surface area contributed by atoms with Gasteiger partial charge in [0.2, 0.25) is 0 Å². The highest BCUT2D eigenvalue weighted by Gasteiger charge is 2.27. The Balaban J connectivity index is 1.94. The van der Waals surface area contributed by atoms with Crippen molar-refractivity contribution in [2.75, 3.05) is 31.4 Å². The minimum atomic E-state index is -3.49. The third kappa shape index (κ3) is 3.85. The summed E-state index contributed by atoms with van der Waals surface area (Å²) in [5.74, 6) is 0.552. The number of anilines is 1. The molecule has 2 N–H and O–H groups in total. The van der Waals surface area contributed by atoms with Crippen molar-refractivity contribution in [3.63, 3.8) is 0 Å². The first-order valence-corrected chi connectivity index (χ1v) is 7.73. The van der Waals surface area contributed by atoms with E-state index in [1.807, 2.05) is 7.05 Å². The van der Waals surface area contributed by atoms with E-state index in [1.165, 1.54) is 23.0 Å². The molecule has 1 aromatic heterocycles. The molecule has 0 spiro atoms. The molecule has 1 aliphatic heterocycles. The number of piperidine rings is 1. The van der Waals surface area contributed by atoms with Gasteiger partial charge in [0, 0.05) is 13.1 Å². The monoisotopic (exact) mass is 285 g/mol. The van der Waals surface area contributed by atoms with Crippen molar-refractivity contribution in [3.05, 3.63) is 18.7 Å². The second-order valence-corrected chi connectivity index (χ2v) is 6.31. The summed E-state index contributed by atoms with van der Waals surface area (Å²) in [4.78, 5) is 7.57. The van der Waals surface area contributed by atoms with Crippen LogP contribution in [0.3, 0.4) is 0 Å². The Kier molecular flexibility index (Phi) is 4.67. The maximum atomic E-state index is 12.2. The summed E-state index contributed by atoms with van der Waals surface area (Å²) in [6.45, 7) is 2.04. The van der Waals surface area contributed by atoms with Crippen molar-refractivity contribution in [1.82, 2.24) is 19.6 Å². The van der Waals surface area contributed by atoms with Crippen LogP contribution in [-0.4, -0.2) is 49.4 Å². The molecule has 1 saturated heterocycles. The molecule has 2 heterocycles. The molecular formula is C11H19N5O2S. The number of nitrogens with zero attached hydrogens (tertiary/aromatic N) is 3. The highest BCUT2D eigenvalue weighted by molar-refractivity contribution is 7.90. The normalized spacial score (nSPS) is 18.4. The molecule has 0 amide bonds. The lowest BCUT2D eigenvalue weighted by molar-refractivity contribution is 0.272. The largest absolute Gasteiger partial charge is 0.319 e. The first-order chi connectivity index (χ1) is 9.12. The van der Waals surface area contributed by atoms with Crippen LogP contribution in [0.2, 0.25) is 0 Å². The van der Waals surface area contributed by atoms with Crippen LogP contribution in [-0.2, 0) is 10.2 Å². The maximum Gasteiger partial charge on any atom is 0.301 e. The molecule has 19 heavy (non-hydrogen) atoms. The van der Waals surface area contributed by atoms with Crippen molar-refractivity contribution in [1.29, 1.82) is 0 Å². The van der Waals surface area contributed by atoms with E-state index in [-0.39, 0.29) is 0 Å². The van der Waals surface area contributed by atoms with Crippen LogP contribution < -0.4 is 10.0 Å². The van der Waals surface area contributed by atoms with Gasteiger partial charge in [0.1, 0.15) is 6.33 Å². The predicted molar refractivity (Wildman–Crippen MR) is 72.8 cm³/mol. The van der Waals surface area contributed by atoms with Gasteiger partial charge >= 0.3 is 10.2 Å². The van der Waals surface area contributed by atoms with E-state index >= 15 is 0 Å². The van der Waals surface area contributed by atoms with Crippen LogP contribution in [0.5, 0.6) is 0 Å². The molecule has 1 aliphatic rings. The number of aromatic nitrogens is 2. The molecule has 7 nitrogen and oxygen atoms in total. The van der Waals surface area contributed by atoms with Gasteiger partial charge in [-0.25, -0.2) is 9.97 Å². The number of nitrogens with one attached hydrogen (secondary N) is 2. The number of hydrogen-bond acceptors (Lipinski definition) is 5. The quantitative estimate of drug-likeness (QED) is 0.799. The topological polar surface area (TPSA) is 87.2 Å². The molecule has 1 fully saturated rings. The average Bonchev–Trinajstić information content (AvgIpc) is 2.40. The summed E-state index contributed by atoms with van der Waals surface area (Å²) < 4.78 is 28.3. The van der Waals surface area contributed by atoms with Crippen molar-refractivity contribution in [2.45, 2.75) is 12.8 Å². The van der Waals surface area contributed by atoms with Gasteiger partial charge in [0.15, 0.2) is 0 Å². The maximum absolute atomic E-state index is 12.2. The summed E-state index contributed by atoms with van der Waals surface area (Å²) in [5.41, 5.74) is 0.389. The Hall–Kier alpha value is -1.25. The first kappa shape index (κ1) is 14.2. The summed E-state index contributed by atoms with van der Waals surface area (Å²) in [5, 5.41) is 3.13. The highest BCUT2D eigenvalue weighted by atomic mass is 32.2. The summed E-state index contributed by atoms with van der Waals surface area (Å²) in [6, 6.07) is 0. The van der Waals surface area contributed by atoms with E-state index in [2.05, 4.69) is 20.0 Å². The Morgan fingerprint density at radius 2 is 1.95 bits per heavy atom. The molecular weight excluding hydrogens is 266 g/mol. The SMILES string of the molecule is CNCC1CCN(S(=O)(=O)Nc2cncnc2)CC1. The first-order valence-electron chi connectivity index (χ1n) is 6.29. The van der Waals surface area contributed by atoms with E-state index in [0.717, 1.165) is 19.4 Å². The Morgan fingerprint density at radius 1 is 1.32 bits per heavy atom. The van der Waals surface area contributed by atoms with Crippen LogP contribution >= 0.6 is 0 Å². The fraction of sp³-hybridized carbons (Fsp3) is 0.636. The summed E-state index contributed by atoms with van der Waals surface area (Å²) >= 11 is 0. The lowest BCUT2D eigenvalue weighted by Gasteiger charge is -2.31. The third-order valence-corrected chi connectivity index (χ3v) is 4.75. The summed E-state index contributed by atoms with van der Waals surface area (Å²) in [7, 11) is -1.58. The third-order valence-electron chi connectivity index (χ3n) is 3.21. The second kappa shape index (κ2) is 6.27. The van der Waals surface area contributed by atoms with Crippen molar-refractivity contribution >= 4 is 15.9 Å². The van der Waals surface area contributed by atoms with Crippen LogP contribution in [0.15, 0.2) is 18.7 Å². The summed E-state index contributed by atoms with van der Waals surface area (Å²) in [6.07, 6.45) is 6.01. The zero-order chi connectivity index (χ0) is 13.7. The van der Waals surface area contributed by atoms with Crippen LogP contribution in [0.25, 0.3) is 0 Å². The molecule has 0 unspecified atom stereocenters. The molecule has 0 saturated carbocycles. The van der Waals surface area contributed by atoms with E-state index < -0.39 is 10.2 Å². The lowest BCUT2D eigenvalue weighted by atomic mass is 9.98. The minimum Gasteiger partial charge on any atom is -0.319 e. The van der Waals surface area contributed by atoms with Gasteiger partial charge in [-0.1, -0.05) is 0 Å². The van der Waals surface area contributed by atoms with E-state index in [1.54, 1.807) is 0 Å². The van der Waals surface area contributed by atoms with Crippen LogP contribution in [0.4, 0.5) is 5.69 Å². The minimum absolute atomic E-state index is 0.389. The highest BCUT2D eigenvalue weighted by Crippen LogP contribution is 2.19. The van der Waals surface area contributed by atoms with Crippen LogP contribution in [0, 0.1) is 5.92 Å². The smallest absolute Gasteiger partial charge is 0.301 e. The molecule has 0 radical (unpaired) electrons. The van der Waals surface area contributed by atoms with E-state index in [0.29, 0.717) is 24.7 Å². The fourth-order valence-corrected chi connectivity index (χ4v) is 3.43. The van der Waals surface area contributed by atoms with Gasteiger partial charge in [-0.05, 0) is 32.4 Å². The molecule has 0 bridgehead atoms.